The van der Waals surface area contributed by atoms with E-state index in [1.807, 2.05) is 51.1 Å². The van der Waals surface area contributed by atoms with Gasteiger partial charge in [0.05, 0.1) is 22.5 Å². The van der Waals surface area contributed by atoms with Crippen LogP contribution in [0.4, 0.5) is 13.2 Å². The lowest BCUT2D eigenvalue weighted by atomic mass is 9.82. The smallest absolute Gasteiger partial charge is 0.507 e. The standard InChI is InChI=1S/C33H29Br2F3O6/c1-17(2)23-15-29(43-32-25(34)11-19(12-26(32)35)13-30(40)41)24(16-28(23)42-4)31(20-7-5-6-18(3)10-20)22-9-8-21(14-27(22)39)44-33(36,37)38/h5-12,14-17,31,39H,13H2,1-4H3,(H,40,41). The maximum Gasteiger partial charge on any atom is 0.573 e. The minimum Gasteiger partial charge on any atom is -0.507 e. The highest BCUT2D eigenvalue weighted by Crippen LogP contribution is 2.48. The molecule has 0 saturated carbocycles. The minimum absolute atomic E-state index is 0.0239. The molecule has 232 valence electrons. The van der Waals surface area contributed by atoms with Gasteiger partial charge in [-0.1, -0.05) is 49.7 Å². The predicted octanol–water partition coefficient (Wildman–Crippen LogP) is 9.86. The van der Waals surface area contributed by atoms with Crippen LogP contribution in [0.5, 0.6) is 28.7 Å². The number of methoxy groups -OCH3 is 1. The van der Waals surface area contributed by atoms with Crippen LogP contribution in [-0.4, -0.2) is 29.7 Å². The van der Waals surface area contributed by atoms with E-state index in [1.165, 1.54) is 6.07 Å². The topological polar surface area (TPSA) is 85.2 Å². The first-order valence-corrected chi connectivity index (χ1v) is 15.0. The van der Waals surface area contributed by atoms with E-state index in [2.05, 4.69) is 36.6 Å². The predicted molar refractivity (Wildman–Crippen MR) is 167 cm³/mol. The number of carbonyl (C=O) groups is 1. The zero-order valence-electron chi connectivity index (χ0n) is 24.1. The summed E-state index contributed by atoms with van der Waals surface area (Å²) in [7, 11) is 1.54. The number of phenolic OH excluding ortho intramolecular Hbond substituents is 1. The van der Waals surface area contributed by atoms with Crippen LogP contribution >= 0.6 is 31.9 Å². The summed E-state index contributed by atoms with van der Waals surface area (Å²) in [5, 5.41) is 20.4. The molecule has 0 fully saturated rings. The second-order valence-corrected chi connectivity index (χ2v) is 12.2. The molecule has 1 atom stereocenters. The maximum atomic E-state index is 12.9. The Morgan fingerprint density at radius 1 is 0.909 bits per heavy atom. The average molecular weight is 738 g/mol. The summed E-state index contributed by atoms with van der Waals surface area (Å²) in [5.74, 6) is -1.31. The van der Waals surface area contributed by atoms with E-state index in [9.17, 15) is 28.2 Å². The fourth-order valence-corrected chi connectivity index (χ4v) is 6.41. The van der Waals surface area contributed by atoms with Crippen LogP contribution in [0.1, 0.15) is 59.1 Å². The summed E-state index contributed by atoms with van der Waals surface area (Å²) in [4.78, 5) is 11.3. The summed E-state index contributed by atoms with van der Waals surface area (Å²) in [5.41, 5.74) is 3.92. The molecular formula is C33H29Br2F3O6. The van der Waals surface area contributed by atoms with Crippen molar-refractivity contribution >= 4 is 37.8 Å². The van der Waals surface area contributed by atoms with Crippen molar-refractivity contribution in [1.29, 1.82) is 0 Å². The van der Waals surface area contributed by atoms with Gasteiger partial charge in [-0.3, -0.25) is 4.79 Å². The van der Waals surface area contributed by atoms with Crippen molar-refractivity contribution < 1.29 is 42.4 Å². The summed E-state index contributed by atoms with van der Waals surface area (Å²) in [6, 6.07) is 18.0. The third kappa shape index (κ3) is 7.87. The Balaban J connectivity index is 1.98. The maximum absolute atomic E-state index is 12.9. The number of ether oxygens (including phenoxy) is 3. The molecule has 0 aliphatic rings. The molecule has 4 rings (SSSR count). The Kier molecular flexibility index (Phi) is 10.2. The van der Waals surface area contributed by atoms with Gasteiger partial charge in [0.2, 0.25) is 0 Å². The monoisotopic (exact) mass is 736 g/mol. The van der Waals surface area contributed by atoms with Crippen LogP contribution in [0.25, 0.3) is 0 Å². The first-order valence-electron chi connectivity index (χ1n) is 13.4. The lowest BCUT2D eigenvalue weighted by Crippen LogP contribution is -2.17. The quantitative estimate of drug-likeness (QED) is 0.158. The molecule has 0 aliphatic carbocycles. The van der Waals surface area contributed by atoms with E-state index >= 15 is 0 Å². The van der Waals surface area contributed by atoms with Crippen molar-refractivity contribution in [3.63, 3.8) is 0 Å². The molecule has 4 aromatic rings. The number of hydrogen-bond acceptors (Lipinski definition) is 5. The van der Waals surface area contributed by atoms with E-state index in [-0.39, 0.29) is 12.3 Å². The van der Waals surface area contributed by atoms with Crippen LogP contribution in [0, 0.1) is 6.92 Å². The number of benzene rings is 4. The molecule has 0 radical (unpaired) electrons. The van der Waals surface area contributed by atoms with Gasteiger partial charge in [0.25, 0.3) is 0 Å². The van der Waals surface area contributed by atoms with Crippen molar-refractivity contribution in [1.82, 2.24) is 0 Å². The van der Waals surface area contributed by atoms with Gasteiger partial charge >= 0.3 is 12.3 Å². The first-order chi connectivity index (χ1) is 20.7. The van der Waals surface area contributed by atoms with Crippen LogP contribution in [0.3, 0.4) is 0 Å². The molecule has 1 unspecified atom stereocenters. The molecule has 0 saturated heterocycles. The second kappa shape index (κ2) is 13.5. The SMILES string of the molecule is COc1cc(C(c2cccc(C)c2)c2ccc(OC(F)(F)F)cc2O)c(Oc2c(Br)cc(CC(=O)O)cc2Br)cc1C(C)C. The van der Waals surface area contributed by atoms with Gasteiger partial charge in [0.15, 0.2) is 5.75 Å². The summed E-state index contributed by atoms with van der Waals surface area (Å²) in [6.07, 6.45) is -5.11. The van der Waals surface area contributed by atoms with Crippen LogP contribution < -0.4 is 14.2 Å². The van der Waals surface area contributed by atoms with Crippen molar-refractivity contribution in [3.05, 3.63) is 109 Å². The normalized spacial score (nSPS) is 12.2. The minimum atomic E-state index is -4.92. The number of aryl methyl sites for hydroxylation is 1. The molecule has 0 heterocycles. The number of carboxylic acid groups (broad SMARTS) is 1. The van der Waals surface area contributed by atoms with E-state index in [0.717, 1.165) is 28.8 Å². The number of alkyl halides is 3. The molecule has 0 bridgehead atoms. The highest BCUT2D eigenvalue weighted by atomic mass is 79.9. The first kappa shape index (κ1) is 33.2. The molecule has 4 aromatic carbocycles. The Morgan fingerprint density at radius 2 is 1.57 bits per heavy atom. The molecule has 0 amide bonds. The molecule has 11 heteroatoms. The molecule has 2 N–H and O–H groups in total. The Hall–Kier alpha value is -3.70. The van der Waals surface area contributed by atoms with Gasteiger partial charge in [0.1, 0.15) is 23.0 Å². The fraction of sp³-hybridized carbons (Fsp3) is 0.242. The van der Waals surface area contributed by atoms with E-state index in [0.29, 0.717) is 42.9 Å². The lowest BCUT2D eigenvalue weighted by molar-refractivity contribution is -0.274. The van der Waals surface area contributed by atoms with Crippen LogP contribution in [-0.2, 0) is 11.2 Å². The molecule has 44 heavy (non-hydrogen) atoms. The van der Waals surface area contributed by atoms with Gasteiger partial charge < -0.3 is 24.4 Å². The third-order valence-corrected chi connectivity index (χ3v) is 8.02. The van der Waals surface area contributed by atoms with Gasteiger partial charge in [-0.15, -0.1) is 13.2 Å². The zero-order chi connectivity index (χ0) is 32.3. The number of carboxylic acids is 1. The number of halogens is 5. The second-order valence-electron chi connectivity index (χ2n) is 10.5. The summed E-state index contributed by atoms with van der Waals surface area (Å²) >= 11 is 7.01. The van der Waals surface area contributed by atoms with Crippen molar-refractivity contribution in [2.45, 2.75) is 45.4 Å². The average Bonchev–Trinajstić information content (AvgIpc) is 2.91. The summed E-state index contributed by atoms with van der Waals surface area (Å²) in [6.45, 7) is 5.90. The Bertz CT molecular complexity index is 1660. The van der Waals surface area contributed by atoms with Crippen LogP contribution in [0.15, 0.2) is 75.7 Å². The van der Waals surface area contributed by atoms with Gasteiger partial charge in [0, 0.05) is 28.7 Å². The highest BCUT2D eigenvalue weighted by Gasteiger charge is 2.32. The number of phenols is 1. The molecule has 0 spiro atoms. The summed E-state index contributed by atoms with van der Waals surface area (Å²) < 4.78 is 56.2. The van der Waals surface area contributed by atoms with Crippen LogP contribution in [0.2, 0.25) is 0 Å². The molecular weight excluding hydrogens is 709 g/mol. The van der Waals surface area contributed by atoms with E-state index in [4.69, 9.17) is 9.47 Å². The van der Waals surface area contributed by atoms with Crippen molar-refractivity contribution in [3.8, 4) is 28.7 Å². The number of aliphatic carboxylic acids is 1. The number of rotatable bonds is 10. The van der Waals surface area contributed by atoms with Crippen molar-refractivity contribution in [2.24, 2.45) is 0 Å². The largest absolute Gasteiger partial charge is 0.573 e. The zero-order valence-corrected chi connectivity index (χ0v) is 27.3. The third-order valence-electron chi connectivity index (χ3n) is 6.84. The molecule has 0 aliphatic heterocycles. The Morgan fingerprint density at radius 3 is 2.11 bits per heavy atom. The number of hydrogen-bond donors (Lipinski definition) is 2. The van der Waals surface area contributed by atoms with Crippen molar-refractivity contribution in [2.75, 3.05) is 7.11 Å². The highest BCUT2D eigenvalue weighted by molar-refractivity contribution is 9.11. The van der Waals surface area contributed by atoms with Gasteiger partial charge in [-0.05, 0) is 86.2 Å². The van der Waals surface area contributed by atoms with E-state index < -0.39 is 29.7 Å². The number of aromatic hydroxyl groups is 1. The molecule has 6 nitrogen and oxygen atoms in total. The van der Waals surface area contributed by atoms with Gasteiger partial charge in [-0.2, -0.15) is 0 Å². The lowest BCUT2D eigenvalue weighted by Gasteiger charge is -2.26. The van der Waals surface area contributed by atoms with Gasteiger partial charge in [-0.25, -0.2) is 0 Å². The Labute approximate surface area is 269 Å². The van der Waals surface area contributed by atoms with E-state index in [1.54, 1.807) is 25.3 Å². The fourth-order valence-electron chi connectivity index (χ4n) is 4.97. The molecule has 0 aromatic heterocycles.